The van der Waals surface area contributed by atoms with Gasteiger partial charge in [0.15, 0.2) is 0 Å². The first-order chi connectivity index (χ1) is 6.93. The Morgan fingerprint density at radius 1 is 1.13 bits per heavy atom. The summed E-state index contributed by atoms with van der Waals surface area (Å²) in [5.41, 5.74) is 0.334. The summed E-state index contributed by atoms with van der Waals surface area (Å²) in [4.78, 5) is 5.14. The van der Waals surface area contributed by atoms with Gasteiger partial charge in [0.2, 0.25) is 0 Å². The molecule has 3 heteroatoms. The molecular weight excluding hydrogens is 186 g/mol. The highest BCUT2D eigenvalue weighted by atomic mass is 15.3. The summed E-state index contributed by atoms with van der Waals surface area (Å²) in [5.74, 6) is 0. The summed E-state index contributed by atoms with van der Waals surface area (Å²) in [6.45, 7) is 15.2. The fourth-order valence-corrected chi connectivity index (χ4v) is 2.08. The summed E-state index contributed by atoms with van der Waals surface area (Å²) in [7, 11) is 2.04. The monoisotopic (exact) mass is 213 g/mol. The third kappa shape index (κ3) is 4.09. The van der Waals surface area contributed by atoms with E-state index in [2.05, 4.69) is 42.8 Å². The lowest BCUT2D eigenvalue weighted by Crippen LogP contribution is -2.55. The van der Waals surface area contributed by atoms with Crippen LogP contribution in [-0.2, 0) is 0 Å². The standard InChI is InChI=1S/C12H27N3/c1-11(13-5)10-14-6-8-15(9-7-14)12(2,3)4/h11,13H,6-10H2,1-5H3. The fourth-order valence-electron chi connectivity index (χ4n) is 2.08. The maximum atomic E-state index is 3.30. The molecule has 1 unspecified atom stereocenters. The summed E-state index contributed by atoms with van der Waals surface area (Å²) in [5, 5.41) is 3.30. The van der Waals surface area contributed by atoms with Crippen molar-refractivity contribution >= 4 is 0 Å². The van der Waals surface area contributed by atoms with Crippen molar-refractivity contribution in [1.29, 1.82) is 0 Å². The Balaban J connectivity index is 2.30. The van der Waals surface area contributed by atoms with Gasteiger partial charge in [-0.05, 0) is 34.7 Å². The molecule has 15 heavy (non-hydrogen) atoms. The van der Waals surface area contributed by atoms with Gasteiger partial charge < -0.3 is 5.32 Å². The molecule has 1 N–H and O–H groups in total. The van der Waals surface area contributed by atoms with E-state index in [9.17, 15) is 0 Å². The maximum absolute atomic E-state index is 3.30. The largest absolute Gasteiger partial charge is 0.316 e. The Morgan fingerprint density at radius 3 is 2.07 bits per heavy atom. The zero-order valence-electron chi connectivity index (χ0n) is 11.0. The number of piperazine rings is 1. The second kappa shape index (κ2) is 5.28. The first-order valence-corrected chi connectivity index (χ1v) is 6.08. The Kier molecular flexibility index (Phi) is 4.56. The molecule has 1 heterocycles. The van der Waals surface area contributed by atoms with Crippen LogP contribution in [0.2, 0.25) is 0 Å². The molecule has 3 nitrogen and oxygen atoms in total. The van der Waals surface area contributed by atoms with Crippen LogP contribution >= 0.6 is 0 Å². The van der Waals surface area contributed by atoms with Gasteiger partial charge in [-0.3, -0.25) is 9.80 Å². The first kappa shape index (κ1) is 12.9. The van der Waals surface area contributed by atoms with Crippen LogP contribution < -0.4 is 5.32 Å². The molecule has 1 atom stereocenters. The quantitative estimate of drug-likeness (QED) is 0.755. The number of rotatable bonds is 3. The number of hydrogen-bond acceptors (Lipinski definition) is 3. The summed E-state index contributed by atoms with van der Waals surface area (Å²) in [6, 6.07) is 0.603. The third-order valence-corrected chi connectivity index (χ3v) is 3.35. The molecule has 1 saturated heterocycles. The van der Waals surface area contributed by atoms with Crippen LogP contribution in [0.1, 0.15) is 27.7 Å². The lowest BCUT2D eigenvalue weighted by atomic mass is 10.0. The van der Waals surface area contributed by atoms with Crippen molar-refractivity contribution in [2.75, 3.05) is 39.8 Å². The molecule has 0 amide bonds. The molecule has 1 rings (SSSR count). The Morgan fingerprint density at radius 2 is 1.67 bits per heavy atom. The van der Waals surface area contributed by atoms with E-state index in [1.54, 1.807) is 0 Å². The van der Waals surface area contributed by atoms with Gasteiger partial charge in [-0.15, -0.1) is 0 Å². The minimum Gasteiger partial charge on any atom is -0.316 e. The zero-order valence-corrected chi connectivity index (χ0v) is 11.0. The molecule has 0 aliphatic carbocycles. The third-order valence-electron chi connectivity index (χ3n) is 3.35. The first-order valence-electron chi connectivity index (χ1n) is 6.08. The molecule has 1 fully saturated rings. The second-order valence-corrected chi connectivity index (χ2v) is 5.65. The lowest BCUT2D eigenvalue weighted by Gasteiger charge is -2.42. The van der Waals surface area contributed by atoms with Crippen molar-refractivity contribution in [3.63, 3.8) is 0 Å². The Bertz CT molecular complexity index is 178. The zero-order chi connectivity index (χ0) is 11.5. The van der Waals surface area contributed by atoms with Crippen LogP contribution in [0.4, 0.5) is 0 Å². The van der Waals surface area contributed by atoms with Crippen molar-refractivity contribution in [3.8, 4) is 0 Å². The van der Waals surface area contributed by atoms with Crippen LogP contribution in [0.5, 0.6) is 0 Å². The average molecular weight is 213 g/mol. The minimum absolute atomic E-state index is 0.334. The van der Waals surface area contributed by atoms with E-state index in [1.807, 2.05) is 7.05 Å². The van der Waals surface area contributed by atoms with Crippen molar-refractivity contribution in [2.45, 2.75) is 39.3 Å². The van der Waals surface area contributed by atoms with Crippen LogP contribution in [-0.4, -0.2) is 61.2 Å². The van der Waals surface area contributed by atoms with Gasteiger partial charge in [0.05, 0.1) is 0 Å². The van der Waals surface area contributed by atoms with E-state index in [0.29, 0.717) is 11.6 Å². The summed E-state index contributed by atoms with van der Waals surface area (Å²) >= 11 is 0. The predicted molar refractivity (Wildman–Crippen MR) is 66.3 cm³/mol. The highest BCUT2D eigenvalue weighted by Crippen LogP contribution is 2.15. The van der Waals surface area contributed by atoms with E-state index >= 15 is 0 Å². The molecule has 0 radical (unpaired) electrons. The van der Waals surface area contributed by atoms with E-state index < -0.39 is 0 Å². The number of hydrogen-bond donors (Lipinski definition) is 1. The van der Waals surface area contributed by atoms with Crippen LogP contribution in [0.25, 0.3) is 0 Å². The molecule has 0 aromatic rings. The molecule has 1 aliphatic heterocycles. The van der Waals surface area contributed by atoms with Crippen molar-refractivity contribution in [1.82, 2.24) is 15.1 Å². The second-order valence-electron chi connectivity index (χ2n) is 5.65. The average Bonchev–Trinajstić information content (AvgIpc) is 2.17. The van der Waals surface area contributed by atoms with E-state index in [1.165, 1.54) is 32.7 Å². The van der Waals surface area contributed by atoms with Crippen molar-refractivity contribution < 1.29 is 0 Å². The van der Waals surface area contributed by atoms with Crippen molar-refractivity contribution in [2.24, 2.45) is 0 Å². The van der Waals surface area contributed by atoms with Gasteiger partial charge in [-0.1, -0.05) is 0 Å². The van der Waals surface area contributed by atoms with Gasteiger partial charge in [-0.25, -0.2) is 0 Å². The topological polar surface area (TPSA) is 18.5 Å². The molecule has 0 bridgehead atoms. The van der Waals surface area contributed by atoms with Gasteiger partial charge in [0, 0.05) is 44.3 Å². The maximum Gasteiger partial charge on any atom is 0.0163 e. The molecule has 0 saturated carbocycles. The minimum atomic E-state index is 0.334. The Hall–Kier alpha value is -0.120. The Labute approximate surface area is 94.8 Å². The van der Waals surface area contributed by atoms with E-state index in [-0.39, 0.29) is 0 Å². The predicted octanol–water partition coefficient (Wildman–Crippen LogP) is 1.01. The number of nitrogens with zero attached hydrogens (tertiary/aromatic N) is 2. The highest BCUT2D eigenvalue weighted by molar-refractivity contribution is 4.82. The molecular formula is C12H27N3. The van der Waals surface area contributed by atoms with E-state index in [0.717, 1.165) is 0 Å². The normalized spacial score (nSPS) is 23.0. The van der Waals surface area contributed by atoms with Gasteiger partial charge in [0.1, 0.15) is 0 Å². The fraction of sp³-hybridized carbons (Fsp3) is 1.00. The summed E-state index contributed by atoms with van der Waals surface area (Å²) < 4.78 is 0. The van der Waals surface area contributed by atoms with Gasteiger partial charge in [-0.2, -0.15) is 0 Å². The number of nitrogens with one attached hydrogen (secondary N) is 1. The van der Waals surface area contributed by atoms with E-state index in [4.69, 9.17) is 0 Å². The highest BCUT2D eigenvalue weighted by Gasteiger charge is 2.25. The molecule has 90 valence electrons. The summed E-state index contributed by atoms with van der Waals surface area (Å²) in [6.07, 6.45) is 0. The molecule has 0 spiro atoms. The van der Waals surface area contributed by atoms with Crippen molar-refractivity contribution in [3.05, 3.63) is 0 Å². The molecule has 1 aliphatic rings. The smallest absolute Gasteiger partial charge is 0.0163 e. The SMILES string of the molecule is CNC(C)CN1CCN(C(C)(C)C)CC1. The molecule has 0 aromatic carbocycles. The van der Waals surface area contributed by atoms with Crippen LogP contribution in [0, 0.1) is 0 Å². The van der Waals surface area contributed by atoms with Crippen LogP contribution in [0.3, 0.4) is 0 Å². The molecule has 0 aromatic heterocycles. The lowest BCUT2D eigenvalue weighted by molar-refractivity contribution is 0.0593. The van der Waals surface area contributed by atoms with Gasteiger partial charge in [0.25, 0.3) is 0 Å². The number of likely N-dealkylation sites (N-methyl/N-ethyl adjacent to an activating group) is 1. The van der Waals surface area contributed by atoms with Crippen LogP contribution in [0.15, 0.2) is 0 Å². The van der Waals surface area contributed by atoms with Gasteiger partial charge >= 0.3 is 0 Å².